The summed E-state index contributed by atoms with van der Waals surface area (Å²) in [6.07, 6.45) is 0.711. The number of benzene rings is 2. The summed E-state index contributed by atoms with van der Waals surface area (Å²) in [5.41, 5.74) is 4.43. The molecule has 4 rings (SSSR count). The van der Waals surface area contributed by atoms with Crippen molar-refractivity contribution < 1.29 is 22.5 Å². The predicted octanol–water partition coefficient (Wildman–Crippen LogP) is 5.74. The Kier molecular flexibility index (Phi) is 6.92. The molecular formula is C26H23NO5S2. The van der Waals surface area contributed by atoms with Crippen molar-refractivity contribution in [2.45, 2.75) is 31.1 Å². The molecule has 2 heterocycles. The number of hydrogen-bond donors (Lipinski definition) is 1. The molecule has 2 aromatic carbocycles. The number of pyridine rings is 1. The Morgan fingerprint density at radius 1 is 1.06 bits per heavy atom. The van der Waals surface area contributed by atoms with Gasteiger partial charge in [-0.3, -0.25) is 14.3 Å². The van der Waals surface area contributed by atoms with Crippen LogP contribution in [0.25, 0.3) is 11.1 Å². The Balaban J connectivity index is 1.60. The highest BCUT2D eigenvalue weighted by molar-refractivity contribution is 7.88. The lowest BCUT2D eigenvalue weighted by atomic mass is 10.0. The zero-order chi connectivity index (χ0) is 24.3. The largest absolute Gasteiger partial charge is 0.488 e. The molecule has 6 nitrogen and oxygen atoms in total. The number of carbonyl (C=O) groups is 1. The number of thiophene rings is 1. The normalized spacial score (nSPS) is 11.4. The molecule has 0 saturated carbocycles. The minimum absolute atomic E-state index is 0.0834. The van der Waals surface area contributed by atoms with E-state index >= 15 is 0 Å². The van der Waals surface area contributed by atoms with Gasteiger partial charge in [0.1, 0.15) is 12.4 Å². The molecule has 0 unspecified atom stereocenters. The van der Waals surface area contributed by atoms with Gasteiger partial charge in [-0.05, 0) is 35.9 Å². The molecule has 0 aliphatic carbocycles. The van der Waals surface area contributed by atoms with Gasteiger partial charge in [-0.25, -0.2) is 0 Å². The van der Waals surface area contributed by atoms with Gasteiger partial charge in [-0.15, -0.1) is 11.3 Å². The second-order valence-corrected chi connectivity index (χ2v) is 10.2. The van der Waals surface area contributed by atoms with Gasteiger partial charge >= 0.3 is 10.1 Å². The van der Waals surface area contributed by atoms with Gasteiger partial charge in [-0.1, -0.05) is 61.5 Å². The topological polar surface area (TPSA) is 93.6 Å². The van der Waals surface area contributed by atoms with Crippen molar-refractivity contribution in [1.29, 1.82) is 0 Å². The first-order chi connectivity index (χ1) is 16.3. The fraction of sp³-hybridized carbons (Fsp3) is 0.154. The van der Waals surface area contributed by atoms with Crippen LogP contribution >= 0.6 is 11.3 Å². The van der Waals surface area contributed by atoms with Crippen molar-refractivity contribution in [3.8, 4) is 16.9 Å². The van der Waals surface area contributed by atoms with E-state index in [-0.39, 0.29) is 16.6 Å². The molecule has 0 aliphatic heterocycles. The summed E-state index contributed by atoms with van der Waals surface area (Å²) in [4.78, 5) is 17.8. The molecule has 1 N–H and O–H groups in total. The molecule has 34 heavy (non-hydrogen) atoms. The Morgan fingerprint density at radius 3 is 2.41 bits per heavy atom. The molecule has 0 saturated heterocycles. The Morgan fingerprint density at radius 2 is 1.76 bits per heavy atom. The van der Waals surface area contributed by atoms with E-state index in [9.17, 15) is 17.8 Å². The summed E-state index contributed by atoms with van der Waals surface area (Å²) in [6.45, 7) is 4.02. The first-order valence-corrected chi connectivity index (χ1v) is 13.0. The lowest BCUT2D eigenvalue weighted by molar-refractivity contribution is 0.103. The van der Waals surface area contributed by atoms with Crippen LogP contribution in [0, 0.1) is 6.92 Å². The number of aryl methyl sites for hydroxylation is 2. The van der Waals surface area contributed by atoms with Crippen LogP contribution in [0.15, 0.2) is 76.3 Å². The highest BCUT2D eigenvalue weighted by Gasteiger charge is 2.20. The molecule has 8 heteroatoms. The summed E-state index contributed by atoms with van der Waals surface area (Å²) in [5.74, 6) is 0.336. The van der Waals surface area contributed by atoms with E-state index in [0.717, 1.165) is 22.6 Å². The number of aromatic nitrogens is 1. The first kappa shape index (κ1) is 23.8. The maximum atomic E-state index is 13.2. The number of ketones is 1. The lowest BCUT2D eigenvalue weighted by Gasteiger charge is -2.15. The van der Waals surface area contributed by atoms with Crippen LogP contribution in [0.1, 0.15) is 39.8 Å². The van der Waals surface area contributed by atoms with E-state index in [1.807, 2.05) is 44.2 Å². The monoisotopic (exact) mass is 493 g/mol. The van der Waals surface area contributed by atoms with E-state index in [4.69, 9.17) is 4.74 Å². The van der Waals surface area contributed by atoms with E-state index in [1.165, 1.54) is 0 Å². The van der Waals surface area contributed by atoms with Gasteiger partial charge in [0.2, 0.25) is 0 Å². The van der Waals surface area contributed by atoms with Crippen molar-refractivity contribution in [2.75, 3.05) is 0 Å². The maximum absolute atomic E-state index is 13.2. The number of rotatable bonds is 8. The number of ether oxygens (including phenoxy) is 1. The minimum Gasteiger partial charge on any atom is -0.488 e. The highest BCUT2D eigenvalue weighted by Crippen LogP contribution is 2.32. The Labute approximate surface area is 202 Å². The molecule has 4 aromatic rings. The van der Waals surface area contributed by atoms with Gasteiger partial charge in [-0.2, -0.15) is 8.42 Å². The van der Waals surface area contributed by atoms with E-state index in [1.54, 1.807) is 41.8 Å². The van der Waals surface area contributed by atoms with E-state index < -0.39 is 10.1 Å². The van der Waals surface area contributed by atoms with Gasteiger partial charge < -0.3 is 4.74 Å². The molecule has 0 aliphatic rings. The smallest absolute Gasteiger partial charge is 0.304 e. The van der Waals surface area contributed by atoms with Crippen molar-refractivity contribution in [3.05, 3.63) is 100 Å². The quantitative estimate of drug-likeness (QED) is 0.249. The minimum atomic E-state index is -4.29. The molecule has 0 amide bonds. The number of hydrogen-bond acceptors (Lipinski definition) is 6. The summed E-state index contributed by atoms with van der Waals surface area (Å²) in [7, 11) is -4.29. The van der Waals surface area contributed by atoms with Crippen LogP contribution in [-0.4, -0.2) is 23.7 Å². The fourth-order valence-electron chi connectivity index (χ4n) is 3.66. The third-order valence-electron chi connectivity index (χ3n) is 5.37. The average Bonchev–Trinajstić information content (AvgIpc) is 3.34. The molecule has 0 fully saturated rings. The fourth-order valence-corrected chi connectivity index (χ4v) is 5.42. The van der Waals surface area contributed by atoms with Crippen LogP contribution in [0.2, 0.25) is 0 Å². The van der Waals surface area contributed by atoms with Crippen molar-refractivity contribution in [1.82, 2.24) is 4.98 Å². The summed E-state index contributed by atoms with van der Waals surface area (Å²) in [6, 6.07) is 19.7. The van der Waals surface area contributed by atoms with Crippen molar-refractivity contribution >= 4 is 27.2 Å². The van der Waals surface area contributed by atoms with Crippen LogP contribution in [0.4, 0.5) is 0 Å². The van der Waals surface area contributed by atoms with Crippen molar-refractivity contribution in [2.24, 2.45) is 0 Å². The Bertz CT molecular complexity index is 1430. The third kappa shape index (κ3) is 5.09. The first-order valence-electron chi connectivity index (χ1n) is 10.6. The molecule has 174 valence electrons. The average molecular weight is 494 g/mol. The highest BCUT2D eigenvalue weighted by atomic mass is 32.3. The van der Waals surface area contributed by atoms with Crippen LogP contribution in [-0.2, 0) is 23.1 Å². The lowest BCUT2D eigenvalue weighted by Crippen LogP contribution is -2.10. The van der Waals surface area contributed by atoms with E-state index in [2.05, 4.69) is 4.98 Å². The van der Waals surface area contributed by atoms with Crippen LogP contribution < -0.4 is 4.74 Å². The number of carbonyl (C=O) groups excluding carboxylic acids is 1. The van der Waals surface area contributed by atoms with Gasteiger partial charge in [0.05, 0.1) is 11.3 Å². The van der Waals surface area contributed by atoms with Gasteiger partial charge in [0, 0.05) is 22.9 Å². The molecule has 0 atom stereocenters. The zero-order valence-corrected chi connectivity index (χ0v) is 20.3. The SMILES string of the molecule is CCc1cc(OCc2ccc(-c3ccsc3S(=O)(=O)O)cc2)c(C(=O)c2ccccc2)c(C)n1. The Hall–Kier alpha value is -3.33. The molecular weight excluding hydrogens is 470 g/mol. The van der Waals surface area contributed by atoms with Crippen molar-refractivity contribution in [3.63, 3.8) is 0 Å². The summed E-state index contributed by atoms with van der Waals surface area (Å²) >= 11 is 0.970. The summed E-state index contributed by atoms with van der Waals surface area (Å²) < 4.78 is 38.6. The van der Waals surface area contributed by atoms with Crippen LogP contribution in [0.3, 0.4) is 0 Å². The third-order valence-corrected chi connectivity index (χ3v) is 7.68. The molecule has 2 aromatic heterocycles. The zero-order valence-electron chi connectivity index (χ0n) is 18.7. The second-order valence-electron chi connectivity index (χ2n) is 7.70. The van der Waals surface area contributed by atoms with E-state index in [0.29, 0.717) is 40.1 Å². The molecule has 0 spiro atoms. The summed E-state index contributed by atoms with van der Waals surface area (Å²) in [5, 5.41) is 1.62. The van der Waals surface area contributed by atoms with Gasteiger partial charge in [0.15, 0.2) is 9.99 Å². The van der Waals surface area contributed by atoms with Gasteiger partial charge in [0.25, 0.3) is 0 Å². The molecule has 0 radical (unpaired) electrons. The molecule has 0 bridgehead atoms. The standard InChI is InChI=1S/C26H23NO5S2/c1-3-21-15-23(24(17(2)27-21)25(28)20-7-5-4-6-8-20)32-16-18-9-11-19(12-10-18)22-13-14-33-26(22)34(29,30)31/h4-15H,3,16H2,1-2H3,(H,29,30,31). The van der Waals surface area contributed by atoms with Crippen LogP contribution in [0.5, 0.6) is 5.75 Å². The maximum Gasteiger partial charge on any atom is 0.304 e. The predicted molar refractivity (Wildman–Crippen MR) is 132 cm³/mol. The number of nitrogens with zero attached hydrogens (tertiary/aromatic N) is 1. The second kappa shape index (κ2) is 9.89.